The number of hydrogen-bond donors (Lipinski definition) is 1. The van der Waals surface area contributed by atoms with Crippen molar-refractivity contribution >= 4 is 36.5 Å². The third-order valence-electron chi connectivity index (χ3n) is 6.98. The number of likely N-dealkylation sites (tertiary alicyclic amines) is 1. The number of ketones is 1. The maximum absolute atomic E-state index is 13.2. The lowest BCUT2D eigenvalue weighted by Crippen LogP contribution is -2.54. The Morgan fingerprint density at radius 2 is 1.39 bits per heavy atom. The predicted octanol–water partition coefficient (Wildman–Crippen LogP) is 2.33. The molecule has 4 rings (SSSR count). The van der Waals surface area contributed by atoms with Gasteiger partial charge in [0.2, 0.25) is 5.91 Å². The van der Waals surface area contributed by atoms with E-state index in [1.165, 1.54) is 0 Å². The van der Waals surface area contributed by atoms with Gasteiger partial charge in [0.1, 0.15) is 0 Å². The van der Waals surface area contributed by atoms with Crippen LogP contribution in [-0.4, -0.2) is 83.9 Å². The van der Waals surface area contributed by atoms with Crippen molar-refractivity contribution in [3.05, 3.63) is 35.9 Å². The van der Waals surface area contributed by atoms with E-state index in [0.29, 0.717) is 6.54 Å². The maximum atomic E-state index is 13.2. The van der Waals surface area contributed by atoms with Gasteiger partial charge in [0, 0.05) is 39.3 Å². The first-order valence-electron chi connectivity index (χ1n) is 11.1. The second kappa shape index (κ2) is 11.6. The number of aliphatic hydroxyl groups is 1. The lowest BCUT2D eigenvalue weighted by Gasteiger charge is -2.42. The fourth-order valence-corrected chi connectivity index (χ4v) is 4.83. The van der Waals surface area contributed by atoms with Crippen LogP contribution in [0.1, 0.15) is 37.7 Å². The molecule has 3 aliphatic rings. The van der Waals surface area contributed by atoms with Gasteiger partial charge >= 0.3 is 0 Å². The standard InChI is InChI=1S/C23H33N3O3.2ClH/c27-21(23(29,20-9-6-10-20)19-7-2-1-3-8-19)17-24-13-15-25(16-14-24)18-22(28)26-11-4-5-12-26;;/h1-3,7-8,20,29H,4-6,9-18H2;2*1H. The highest BCUT2D eigenvalue weighted by molar-refractivity contribution is 5.90. The van der Waals surface area contributed by atoms with E-state index >= 15 is 0 Å². The van der Waals surface area contributed by atoms with Gasteiger partial charge in [-0.2, -0.15) is 0 Å². The van der Waals surface area contributed by atoms with Crippen molar-refractivity contribution in [2.45, 2.75) is 37.7 Å². The third kappa shape index (κ3) is 5.79. The summed E-state index contributed by atoms with van der Waals surface area (Å²) < 4.78 is 0. The molecule has 0 spiro atoms. The first-order chi connectivity index (χ1) is 14.1. The minimum atomic E-state index is -1.37. The number of carbonyl (C=O) groups is 2. The number of rotatable bonds is 7. The Kier molecular flexibility index (Phi) is 9.77. The number of carbonyl (C=O) groups excluding carboxylic acids is 2. The van der Waals surface area contributed by atoms with Crippen LogP contribution in [0.15, 0.2) is 30.3 Å². The topological polar surface area (TPSA) is 64.1 Å². The van der Waals surface area contributed by atoms with Crippen molar-refractivity contribution in [2.75, 3.05) is 52.4 Å². The van der Waals surface area contributed by atoms with E-state index in [2.05, 4.69) is 9.80 Å². The first kappa shape index (κ1) is 26.1. The zero-order chi connectivity index (χ0) is 20.3. The molecule has 8 heteroatoms. The summed E-state index contributed by atoms with van der Waals surface area (Å²) in [5, 5.41) is 11.5. The van der Waals surface area contributed by atoms with E-state index in [0.717, 1.165) is 76.9 Å². The van der Waals surface area contributed by atoms with Crippen LogP contribution in [-0.2, 0) is 15.2 Å². The van der Waals surface area contributed by atoms with Gasteiger partial charge in [0.05, 0.1) is 13.1 Å². The first-order valence-corrected chi connectivity index (χ1v) is 11.1. The van der Waals surface area contributed by atoms with Crippen molar-refractivity contribution in [3.63, 3.8) is 0 Å². The van der Waals surface area contributed by atoms with Crippen LogP contribution in [0.25, 0.3) is 0 Å². The molecule has 2 saturated heterocycles. The van der Waals surface area contributed by atoms with Gasteiger partial charge in [-0.15, -0.1) is 24.8 Å². The van der Waals surface area contributed by atoms with Crippen LogP contribution in [0.3, 0.4) is 0 Å². The van der Waals surface area contributed by atoms with E-state index in [4.69, 9.17) is 0 Å². The van der Waals surface area contributed by atoms with Gasteiger partial charge in [-0.1, -0.05) is 36.8 Å². The average Bonchev–Trinajstić information content (AvgIpc) is 3.23. The van der Waals surface area contributed by atoms with Crippen molar-refractivity contribution in [2.24, 2.45) is 5.92 Å². The second-order valence-electron chi connectivity index (χ2n) is 8.82. The summed E-state index contributed by atoms with van der Waals surface area (Å²) in [6, 6.07) is 9.44. The Morgan fingerprint density at radius 1 is 0.839 bits per heavy atom. The highest BCUT2D eigenvalue weighted by Gasteiger charge is 2.47. The zero-order valence-electron chi connectivity index (χ0n) is 18.1. The van der Waals surface area contributed by atoms with E-state index < -0.39 is 5.60 Å². The number of Topliss-reactive ketones (excluding diaryl/α,β-unsaturated/α-hetero) is 1. The molecule has 31 heavy (non-hydrogen) atoms. The van der Waals surface area contributed by atoms with Gasteiger partial charge in [-0.3, -0.25) is 19.4 Å². The van der Waals surface area contributed by atoms with E-state index in [1.807, 2.05) is 35.2 Å². The number of nitrogens with zero attached hydrogens (tertiary/aromatic N) is 3. The molecule has 3 fully saturated rings. The maximum Gasteiger partial charge on any atom is 0.236 e. The zero-order valence-corrected chi connectivity index (χ0v) is 19.7. The molecule has 1 aliphatic carbocycles. The molecule has 1 aromatic carbocycles. The summed E-state index contributed by atoms with van der Waals surface area (Å²) in [4.78, 5) is 31.9. The molecule has 1 aromatic rings. The van der Waals surface area contributed by atoms with Crippen LogP contribution < -0.4 is 0 Å². The summed E-state index contributed by atoms with van der Waals surface area (Å²) >= 11 is 0. The quantitative estimate of drug-likeness (QED) is 0.660. The molecule has 0 radical (unpaired) electrons. The molecule has 1 atom stereocenters. The highest BCUT2D eigenvalue weighted by atomic mass is 35.5. The SMILES string of the molecule is Cl.Cl.O=C(CN1CCN(CC(=O)C(O)(c2ccccc2)C2CCC2)CC1)N1CCCC1. The highest BCUT2D eigenvalue weighted by Crippen LogP contribution is 2.43. The van der Waals surface area contributed by atoms with Gasteiger partial charge in [-0.25, -0.2) is 0 Å². The van der Waals surface area contributed by atoms with Crippen molar-refractivity contribution in [3.8, 4) is 0 Å². The number of benzene rings is 1. The molecular formula is C23H35Cl2N3O3. The van der Waals surface area contributed by atoms with Crippen LogP contribution in [0.5, 0.6) is 0 Å². The Hall–Kier alpha value is -1.18. The fraction of sp³-hybridized carbons (Fsp3) is 0.652. The molecule has 1 N–H and O–H groups in total. The summed E-state index contributed by atoms with van der Waals surface area (Å²) in [6.07, 6.45) is 5.13. The number of halogens is 2. The minimum absolute atomic E-state index is 0. The van der Waals surface area contributed by atoms with Gasteiger partial charge < -0.3 is 10.0 Å². The van der Waals surface area contributed by atoms with E-state index in [9.17, 15) is 14.7 Å². The largest absolute Gasteiger partial charge is 0.377 e. The number of hydrogen-bond acceptors (Lipinski definition) is 5. The molecular weight excluding hydrogens is 437 g/mol. The average molecular weight is 472 g/mol. The van der Waals surface area contributed by atoms with Crippen molar-refractivity contribution in [1.82, 2.24) is 14.7 Å². The molecule has 1 amide bonds. The number of piperazine rings is 1. The second-order valence-corrected chi connectivity index (χ2v) is 8.82. The van der Waals surface area contributed by atoms with E-state index in [-0.39, 0.29) is 49.0 Å². The monoisotopic (exact) mass is 471 g/mol. The fourth-order valence-electron chi connectivity index (χ4n) is 4.83. The molecule has 0 aromatic heterocycles. The molecule has 0 bridgehead atoms. The van der Waals surface area contributed by atoms with Crippen LogP contribution in [0, 0.1) is 5.92 Å². The Balaban J connectivity index is 0.00000171. The van der Waals surface area contributed by atoms with Crippen molar-refractivity contribution in [1.29, 1.82) is 0 Å². The smallest absolute Gasteiger partial charge is 0.236 e. The molecule has 6 nitrogen and oxygen atoms in total. The molecule has 1 unspecified atom stereocenters. The summed E-state index contributed by atoms with van der Waals surface area (Å²) in [7, 11) is 0. The molecule has 174 valence electrons. The Bertz CT molecular complexity index is 718. The summed E-state index contributed by atoms with van der Waals surface area (Å²) in [5.41, 5.74) is -0.646. The normalized spacial score (nSPS) is 22.0. The Morgan fingerprint density at radius 3 is 1.90 bits per heavy atom. The molecule has 1 saturated carbocycles. The lowest BCUT2D eigenvalue weighted by atomic mass is 9.67. The molecule has 2 aliphatic heterocycles. The Labute approximate surface area is 197 Å². The third-order valence-corrected chi connectivity index (χ3v) is 6.98. The van der Waals surface area contributed by atoms with Gasteiger partial charge in [0.25, 0.3) is 0 Å². The van der Waals surface area contributed by atoms with Gasteiger partial charge in [-0.05, 0) is 37.2 Å². The lowest BCUT2D eigenvalue weighted by molar-refractivity contribution is -0.151. The summed E-state index contributed by atoms with van der Waals surface area (Å²) in [5.74, 6) is 0.169. The predicted molar refractivity (Wildman–Crippen MR) is 126 cm³/mol. The van der Waals surface area contributed by atoms with Crippen LogP contribution in [0.4, 0.5) is 0 Å². The van der Waals surface area contributed by atoms with Crippen LogP contribution >= 0.6 is 24.8 Å². The van der Waals surface area contributed by atoms with E-state index in [1.54, 1.807) is 0 Å². The number of amides is 1. The minimum Gasteiger partial charge on any atom is -0.377 e. The van der Waals surface area contributed by atoms with Gasteiger partial charge in [0.15, 0.2) is 11.4 Å². The summed E-state index contributed by atoms with van der Waals surface area (Å²) in [6.45, 7) is 5.65. The molecule has 2 heterocycles. The van der Waals surface area contributed by atoms with Crippen LogP contribution in [0.2, 0.25) is 0 Å². The van der Waals surface area contributed by atoms with Crippen molar-refractivity contribution < 1.29 is 14.7 Å².